The molecule has 1 aliphatic heterocycles. The molecule has 0 spiro atoms. The van der Waals surface area contributed by atoms with Crippen LogP contribution in [0.15, 0.2) is 23.3 Å². The monoisotopic (exact) mass is 373 g/mol. The molecule has 0 unspecified atom stereocenters. The fourth-order valence-corrected chi connectivity index (χ4v) is 5.10. The second-order valence-electron chi connectivity index (χ2n) is 6.46. The molecule has 4 heterocycles. The van der Waals surface area contributed by atoms with Crippen molar-refractivity contribution in [1.82, 2.24) is 24.8 Å². The highest BCUT2D eigenvalue weighted by Crippen LogP contribution is 2.39. The molecule has 1 fully saturated rings. The van der Waals surface area contributed by atoms with E-state index in [1.807, 2.05) is 5.51 Å². The van der Waals surface area contributed by atoms with Gasteiger partial charge in [0.05, 0.1) is 16.1 Å². The van der Waals surface area contributed by atoms with Crippen molar-refractivity contribution in [3.8, 4) is 0 Å². The normalized spacial score (nSPS) is 18.1. The van der Waals surface area contributed by atoms with E-state index in [1.54, 1.807) is 42.7 Å². The van der Waals surface area contributed by atoms with E-state index in [0.29, 0.717) is 5.92 Å². The van der Waals surface area contributed by atoms with Crippen molar-refractivity contribution >= 4 is 38.9 Å². The number of nitrogens with zero attached hydrogens (tertiary/aromatic N) is 5. The maximum atomic E-state index is 12.7. The van der Waals surface area contributed by atoms with Crippen molar-refractivity contribution in [3.63, 3.8) is 0 Å². The molecule has 25 heavy (non-hydrogen) atoms. The van der Waals surface area contributed by atoms with E-state index in [0.717, 1.165) is 52.5 Å². The number of amides is 1. The fourth-order valence-electron chi connectivity index (χ4n) is 3.34. The molecule has 0 bridgehead atoms. The summed E-state index contributed by atoms with van der Waals surface area (Å²) in [5.41, 5.74) is 4.95. The van der Waals surface area contributed by atoms with Gasteiger partial charge in [-0.2, -0.15) is 0 Å². The van der Waals surface area contributed by atoms with Crippen molar-refractivity contribution in [2.75, 3.05) is 27.2 Å². The van der Waals surface area contributed by atoms with E-state index in [9.17, 15) is 4.79 Å². The third-order valence-electron chi connectivity index (χ3n) is 4.51. The van der Waals surface area contributed by atoms with Crippen LogP contribution in [0, 0.1) is 0 Å². The van der Waals surface area contributed by atoms with Crippen LogP contribution in [0.1, 0.15) is 33.3 Å². The Bertz CT molecular complexity index is 890. The zero-order valence-electron chi connectivity index (χ0n) is 14.2. The van der Waals surface area contributed by atoms with Crippen LogP contribution in [-0.2, 0) is 6.54 Å². The van der Waals surface area contributed by atoms with Gasteiger partial charge in [-0.3, -0.25) is 14.7 Å². The zero-order chi connectivity index (χ0) is 17.4. The molecular weight excluding hydrogens is 354 g/mol. The standard InChI is InChI=1S/C17H19N5OS2/c1-21(2)17(23)15-13(14-16(25-15)19-5-4-18-14)11-3-6-22(7-11)8-12-9-24-10-20-12/h4-5,9-11H,3,6-8H2,1-2H3/t11-/m0/s1. The summed E-state index contributed by atoms with van der Waals surface area (Å²) in [4.78, 5) is 31.7. The summed E-state index contributed by atoms with van der Waals surface area (Å²) in [5, 5.41) is 2.10. The van der Waals surface area contributed by atoms with Gasteiger partial charge in [-0.25, -0.2) is 9.97 Å². The van der Waals surface area contributed by atoms with E-state index in [2.05, 4.69) is 25.2 Å². The van der Waals surface area contributed by atoms with Gasteiger partial charge in [-0.15, -0.1) is 22.7 Å². The van der Waals surface area contributed by atoms with Crippen LogP contribution in [0.2, 0.25) is 0 Å². The van der Waals surface area contributed by atoms with E-state index in [4.69, 9.17) is 0 Å². The van der Waals surface area contributed by atoms with Crippen molar-refractivity contribution in [2.45, 2.75) is 18.9 Å². The molecule has 1 amide bonds. The Labute approximate surface area is 154 Å². The number of hydrogen-bond donors (Lipinski definition) is 0. The second-order valence-corrected chi connectivity index (χ2v) is 8.17. The topological polar surface area (TPSA) is 62.2 Å². The van der Waals surface area contributed by atoms with Crippen LogP contribution in [-0.4, -0.2) is 57.8 Å². The van der Waals surface area contributed by atoms with Crippen molar-refractivity contribution < 1.29 is 4.79 Å². The molecule has 1 aliphatic rings. The first-order chi connectivity index (χ1) is 12.1. The van der Waals surface area contributed by atoms with Gasteiger partial charge >= 0.3 is 0 Å². The molecule has 3 aromatic rings. The molecule has 6 nitrogen and oxygen atoms in total. The summed E-state index contributed by atoms with van der Waals surface area (Å²) in [6, 6.07) is 0. The van der Waals surface area contributed by atoms with Crippen molar-refractivity contribution in [2.24, 2.45) is 0 Å². The average molecular weight is 374 g/mol. The number of aromatic nitrogens is 3. The van der Waals surface area contributed by atoms with Gasteiger partial charge in [0.25, 0.3) is 5.91 Å². The summed E-state index contributed by atoms with van der Waals surface area (Å²) in [5.74, 6) is 0.348. The predicted octanol–water partition coefficient (Wildman–Crippen LogP) is 2.84. The fraction of sp³-hybridized carbons (Fsp3) is 0.412. The predicted molar refractivity (Wildman–Crippen MR) is 100 cm³/mol. The molecule has 0 saturated carbocycles. The number of rotatable bonds is 4. The molecule has 0 aromatic carbocycles. The maximum Gasteiger partial charge on any atom is 0.263 e. The molecule has 1 atom stereocenters. The summed E-state index contributed by atoms with van der Waals surface area (Å²) in [6.45, 7) is 2.80. The quantitative estimate of drug-likeness (QED) is 0.704. The minimum Gasteiger partial charge on any atom is -0.344 e. The third-order valence-corrected chi connectivity index (χ3v) is 6.24. The summed E-state index contributed by atoms with van der Waals surface area (Å²) >= 11 is 3.09. The van der Waals surface area contributed by atoms with Gasteiger partial charge in [0.1, 0.15) is 10.3 Å². The number of carbonyl (C=O) groups is 1. The molecule has 8 heteroatoms. The zero-order valence-corrected chi connectivity index (χ0v) is 15.8. The number of likely N-dealkylation sites (tertiary alicyclic amines) is 1. The molecule has 4 rings (SSSR count). The lowest BCUT2D eigenvalue weighted by molar-refractivity contribution is 0.0831. The number of carbonyl (C=O) groups excluding carboxylic acids is 1. The van der Waals surface area contributed by atoms with Crippen molar-refractivity contribution in [3.05, 3.63) is 39.4 Å². The first-order valence-corrected chi connectivity index (χ1v) is 9.94. The molecule has 3 aromatic heterocycles. The Morgan fingerprint density at radius 2 is 2.16 bits per heavy atom. The molecular formula is C17H19N5OS2. The summed E-state index contributed by atoms with van der Waals surface area (Å²) in [7, 11) is 3.58. The average Bonchev–Trinajstić information content (AvgIpc) is 3.33. The highest BCUT2D eigenvalue weighted by atomic mass is 32.1. The van der Waals surface area contributed by atoms with Crippen LogP contribution in [0.5, 0.6) is 0 Å². The van der Waals surface area contributed by atoms with Crippen LogP contribution in [0.25, 0.3) is 10.3 Å². The first-order valence-electron chi connectivity index (χ1n) is 8.18. The Hall–Kier alpha value is -1.90. The minimum absolute atomic E-state index is 0.0396. The highest BCUT2D eigenvalue weighted by Gasteiger charge is 2.32. The summed E-state index contributed by atoms with van der Waals surface area (Å²) < 4.78 is 0. The van der Waals surface area contributed by atoms with Gasteiger partial charge in [-0.05, 0) is 13.0 Å². The smallest absolute Gasteiger partial charge is 0.263 e. The lowest BCUT2D eigenvalue weighted by Gasteiger charge is -2.16. The Balaban J connectivity index is 1.66. The van der Waals surface area contributed by atoms with Crippen LogP contribution in [0.3, 0.4) is 0 Å². The van der Waals surface area contributed by atoms with E-state index in [-0.39, 0.29) is 5.91 Å². The molecule has 1 saturated heterocycles. The SMILES string of the molecule is CN(C)C(=O)c1sc2nccnc2c1[C@H]1CCN(Cc2cscn2)C1. The minimum atomic E-state index is 0.0396. The molecule has 0 N–H and O–H groups in total. The second kappa shape index (κ2) is 6.78. The first kappa shape index (κ1) is 16.6. The highest BCUT2D eigenvalue weighted by molar-refractivity contribution is 7.20. The Morgan fingerprint density at radius 3 is 2.92 bits per heavy atom. The third kappa shape index (κ3) is 3.17. The van der Waals surface area contributed by atoms with Gasteiger partial charge < -0.3 is 4.90 Å². The van der Waals surface area contributed by atoms with Gasteiger partial charge in [-0.1, -0.05) is 0 Å². The van der Waals surface area contributed by atoms with Crippen LogP contribution >= 0.6 is 22.7 Å². The molecule has 130 valence electrons. The van der Waals surface area contributed by atoms with Crippen LogP contribution < -0.4 is 0 Å². The lowest BCUT2D eigenvalue weighted by atomic mass is 9.97. The maximum absolute atomic E-state index is 12.7. The Kier molecular flexibility index (Phi) is 4.49. The van der Waals surface area contributed by atoms with Gasteiger partial charge in [0.2, 0.25) is 0 Å². The summed E-state index contributed by atoms with van der Waals surface area (Å²) in [6.07, 6.45) is 4.43. The Morgan fingerprint density at radius 1 is 1.32 bits per heavy atom. The lowest BCUT2D eigenvalue weighted by Crippen LogP contribution is -2.23. The molecule has 0 radical (unpaired) electrons. The van der Waals surface area contributed by atoms with E-state index >= 15 is 0 Å². The molecule has 0 aliphatic carbocycles. The number of fused-ring (bicyclic) bond motifs is 1. The van der Waals surface area contributed by atoms with Gasteiger partial charge in [0, 0.05) is 56.4 Å². The number of hydrogen-bond acceptors (Lipinski definition) is 7. The van der Waals surface area contributed by atoms with Crippen molar-refractivity contribution in [1.29, 1.82) is 0 Å². The van der Waals surface area contributed by atoms with E-state index < -0.39 is 0 Å². The van der Waals surface area contributed by atoms with E-state index in [1.165, 1.54) is 11.3 Å². The van der Waals surface area contributed by atoms with Crippen LogP contribution in [0.4, 0.5) is 0 Å². The largest absolute Gasteiger partial charge is 0.344 e. The number of thiazole rings is 1. The van der Waals surface area contributed by atoms with Gasteiger partial charge in [0.15, 0.2) is 0 Å². The number of thiophene rings is 1.